The fourth-order valence-corrected chi connectivity index (χ4v) is 2.86. The van der Waals surface area contributed by atoms with Crippen LogP contribution in [0.1, 0.15) is 24.3 Å². The van der Waals surface area contributed by atoms with Crippen LogP contribution in [0.2, 0.25) is 0 Å². The van der Waals surface area contributed by atoms with Gasteiger partial charge in [-0.25, -0.2) is 8.78 Å². The number of benzene rings is 2. The summed E-state index contributed by atoms with van der Waals surface area (Å²) in [7, 11) is 0. The molecule has 0 heterocycles. The zero-order valence-corrected chi connectivity index (χ0v) is 12.3. The molecule has 0 aliphatic heterocycles. The van der Waals surface area contributed by atoms with Crippen LogP contribution in [-0.4, -0.2) is 6.04 Å². The van der Waals surface area contributed by atoms with E-state index in [1.807, 2.05) is 18.2 Å². The molecule has 0 spiro atoms. The summed E-state index contributed by atoms with van der Waals surface area (Å²) in [6.07, 6.45) is 1.75. The van der Waals surface area contributed by atoms with Crippen molar-refractivity contribution in [2.24, 2.45) is 0 Å². The molecule has 20 heavy (non-hydrogen) atoms. The first kappa shape index (κ1) is 13.6. The second kappa shape index (κ2) is 5.52. The number of nitrogens with one attached hydrogen (secondary N) is 1. The fourth-order valence-electron chi connectivity index (χ4n) is 2.62. The van der Waals surface area contributed by atoms with Crippen LogP contribution in [0.25, 0.3) is 0 Å². The predicted octanol–water partition coefficient (Wildman–Crippen LogP) is 5.09. The maximum Gasteiger partial charge on any atom is 0.139 e. The standard InChI is InChI=1S/C16H14BrF2N/c17-14-6-5-11(9-16(14)19)20-12-7-10(8-12)13-3-1-2-4-15(13)18/h1-6,9-10,12,20H,7-8H2. The average molecular weight is 338 g/mol. The molecule has 0 unspecified atom stereocenters. The lowest BCUT2D eigenvalue weighted by molar-refractivity contribution is 0.363. The van der Waals surface area contributed by atoms with Gasteiger partial charge in [0.15, 0.2) is 0 Å². The van der Waals surface area contributed by atoms with Gasteiger partial charge in [0, 0.05) is 11.7 Å². The Morgan fingerprint density at radius 3 is 2.45 bits per heavy atom. The number of anilines is 1. The lowest BCUT2D eigenvalue weighted by atomic mass is 9.75. The van der Waals surface area contributed by atoms with Crippen LogP contribution >= 0.6 is 15.9 Å². The van der Waals surface area contributed by atoms with E-state index < -0.39 is 0 Å². The zero-order valence-electron chi connectivity index (χ0n) is 10.7. The van der Waals surface area contributed by atoms with Crippen molar-refractivity contribution >= 4 is 21.6 Å². The molecule has 0 atom stereocenters. The van der Waals surface area contributed by atoms with Gasteiger partial charge in [0.25, 0.3) is 0 Å². The Kier molecular flexibility index (Phi) is 3.74. The third-order valence-corrected chi connectivity index (χ3v) is 4.42. The maximum atomic E-state index is 13.6. The van der Waals surface area contributed by atoms with E-state index in [1.165, 1.54) is 12.1 Å². The van der Waals surface area contributed by atoms with E-state index in [0.717, 1.165) is 24.1 Å². The first-order valence-corrected chi connectivity index (χ1v) is 7.39. The molecule has 1 N–H and O–H groups in total. The van der Waals surface area contributed by atoms with Gasteiger partial charge in [-0.3, -0.25) is 0 Å². The van der Waals surface area contributed by atoms with Crippen LogP contribution in [0, 0.1) is 11.6 Å². The van der Waals surface area contributed by atoms with Crippen molar-refractivity contribution in [3.63, 3.8) is 0 Å². The molecular formula is C16H14BrF2N. The molecule has 1 saturated carbocycles. The first-order valence-electron chi connectivity index (χ1n) is 6.59. The van der Waals surface area contributed by atoms with Gasteiger partial charge in [-0.15, -0.1) is 0 Å². The Morgan fingerprint density at radius 1 is 1.00 bits per heavy atom. The molecule has 0 aromatic heterocycles. The third kappa shape index (κ3) is 2.70. The lowest BCUT2D eigenvalue weighted by Crippen LogP contribution is -2.34. The summed E-state index contributed by atoms with van der Waals surface area (Å²) in [6.45, 7) is 0. The molecule has 1 aliphatic carbocycles. The van der Waals surface area contributed by atoms with Gasteiger partial charge in [-0.1, -0.05) is 18.2 Å². The summed E-state index contributed by atoms with van der Waals surface area (Å²) in [6, 6.07) is 12.2. The Labute approximate surface area is 125 Å². The molecule has 0 amide bonds. The maximum absolute atomic E-state index is 13.6. The number of hydrogen-bond acceptors (Lipinski definition) is 1. The Balaban J connectivity index is 1.61. The van der Waals surface area contributed by atoms with Gasteiger partial charge < -0.3 is 5.32 Å². The van der Waals surface area contributed by atoms with Crippen molar-refractivity contribution in [3.8, 4) is 0 Å². The molecule has 4 heteroatoms. The number of hydrogen-bond donors (Lipinski definition) is 1. The van der Waals surface area contributed by atoms with Gasteiger partial charge in [0.05, 0.1) is 4.47 Å². The Bertz CT molecular complexity index is 624. The summed E-state index contributed by atoms with van der Waals surface area (Å²) in [4.78, 5) is 0. The SMILES string of the molecule is Fc1cc(NC2CC(c3ccccc3F)C2)ccc1Br. The van der Waals surface area contributed by atoms with Crippen molar-refractivity contribution in [1.29, 1.82) is 0 Å². The molecule has 0 bridgehead atoms. The minimum Gasteiger partial charge on any atom is -0.382 e. The van der Waals surface area contributed by atoms with Gasteiger partial charge in [-0.05, 0) is 64.5 Å². The molecule has 0 saturated heterocycles. The summed E-state index contributed by atoms with van der Waals surface area (Å²) >= 11 is 3.13. The van der Waals surface area contributed by atoms with Crippen LogP contribution in [0.15, 0.2) is 46.9 Å². The minimum atomic E-state index is -0.278. The van der Waals surface area contributed by atoms with Crippen LogP contribution in [0.3, 0.4) is 0 Å². The van der Waals surface area contributed by atoms with E-state index in [9.17, 15) is 8.78 Å². The highest BCUT2D eigenvalue weighted by Gasteiger charge is 2.31. The van der Waals surface area contributed by atoms with Crippen LogP contribution < -0.4 is 5.32 Å². The minimum absolute atomic E-state index is 0.134. The highest BCUT2D eigenvalue weighted by Crippen LogP contribution is 2.39. The van der Waals surface area contributed by atoms with Gasteiger partial charge in [-0.2, -0.15) is 0 Å². The molecule has 1 aliphatic rings. The normalized spacial score (nSPS) is 21.4. The van der Waals surface area contributed by atoms with Crippen molar-refractivity contribution in [2.45, 2.75) is 24.8 Å². The highest BCUT2D eigenvalue weighted by atomic mass is 79.9. The van der Waals surface area contributed by atoms with Gasteiger partial charge in [0.2, 0.25) is 0 Å². The highest BCUT2D eigenvalue weighted by molar-refractivity contribution is 9.10. The topological polar surface area (TPSA) is 12.0 Å². The van der Waals surface area contributed by atoms with Crippen LogP contribution in [0.4, 0.5) is 14.5 Å². The second-order valence-electron chi connectivity index (χ2n) is 5.16. The van der Waals surface area contributed by atoms with Crippen molar-refractivity contribution in [3.05, 3.63) is 64.1 Å². The molecule has 2 aromatic carbocycles. The Hall–Kier alpha value is -1.42. The van der Waals surface area contributed by atoms with Gasteiger partial charge >= 0.3 is 0 Å². The molecule has 0 radical (unpaired) electrons. The summed E-state index contributed by atoms with van der Waals surface area (Å²) in [5, 5.41) is 3.28. The molecule has 2 aromatic rings. The largest absolute Gasteiger partial charge is 0.382 e. The van der Waals surface area contributed by atoms with Crippen molar-refractivity contribution in [1.82, 2.24) is 0 Å². The summed E-state index contributed by atoms with van der Waals surface area (Å²) in [5.74, 6) is -0.153. The van der Waals surface area contributed by atoms with E-state index in [1.54, 1.807) is 12.1 Å². The third-order valence-electron chi connectivity index (χ3n) is 3.77. The van der Waals surface area contributed by atoms with E-state index in [4.69, 9.17) is 0 Å². The summed E-state index contributed by atoms with van der Waals surface area (Å²) < 4.78 is 27.5. The Morgan fingerprint density at radius 2 is 1.75 bits per heavy atom. The van der Waals surface area contributed by atoms with Crippen LogP contribution in [-0.2, 0) is 0 Å². The fraction of sp³-hybridized carbons (Fsp3) is 0.250. The molecule has 1 nitrogen and oxygen atoms in total. The average Bonchev–Trinajstić information content (AvgIpc) is 2.39. The second-order valence-corrected chi connectivity index (χ2v) is 6.01. The quantitative estimate of drug-likeness (QED) is 0.822. The molecule has 3 rings (SSSR count). The van der Waals surface area contributed by atoms with Crippen molar-refractivity contribution in [2.75, 3.05) is 5.32 Å². The van der Waals surface area contributed by atoms with E-state index in [0.29, 0.717) is 4.47 Å². The van der Waals surface area contributed by atoms with E-state index >= 15 is 0 Å². The van der Waals surface area contributed by atoms with Crippen molar-refractivity contribution < 1.29 is 8.78 Å². The number of rotatable bonds is 3. The van der Waals surface area contributed by atoms with E-state index in [2.05, 4.69) is 21.2 Å². The van der Waals surface area contributed by atoms with E-state index in [-0.39, 0.29) is 23.6 Å². The number of halogens is 3. The van der Waals surface area contributed by atoms with Crippen LogP contribution in [0.5, 0.6) is 0 Å². The first-order chi connectivity index (χ1) is 9.63. The lowest BCUT2D eigenvalue weighted by Gasteiger charge is -2.37. The molecular weight excluding hydrogens is 324 g/mol. The zero-order chi connectivity index (χ0) is 14.1. The predicted molar refractivity (Wildman–Crippen MR) is 79.9 cm³/mol. The summed E-state index contributed by atoms with van der Waals surface area (Å²) in [5.41, 5.74) is 1.55. The monoisotopic (exact) mass is 337 g/mol. The molecule has 1 fully saturated rings. The van der Waals surface area contributed by atoms with Gasteiger partial charge in [0.1, 0.15) is 11.6 Å². The molecule has 104 valence electrons. The smallest absolute Gasteiger partial charge is 0.139 e.